The molecule has 1 amide bonds. The van der Waals surface area contributed by atoms with Gasteiger partial charge in [0.05, 0.1) is 6.04 Å². The third-order valence-electron chi connectivity index (χ3n) is 4.67. The monoisotopic (exact) mass is 390 g/mol. The lowest BCUT2D eigenvalue weighted by Crippen LogP contribution is -2.37. The van der Waals surface area contributed by atoms with Crippen LogP contribution in [0.2, 0.25) is 0 Å². The van der Waals surface area contributed by atoms with Gasteiger partial charge in [0, 0.05) is 6.20 Å². The molecular formula is C20H22N8O. The number of aromatic nitrogens is 7. The summed E-state index contributed by atoms with van der Waals surface area (Å²) in [5, 5.41) is 23.1. The van der Waals surface area contributed by atoms with E-state index in [0.29, 0.717) is 11.7 Å². The molecule has 1 aromatic carbocycles. The van der Waals surface area contributed by atoms with E-state index < -0.39 is 6.04 Å². The van der Waals surface area contributed by atoms with Crippen molar-refractivity contribution in [2.24, 2.45) is 5.92 Å². The molecule has 3 heterocycles. The molecule has 0 radical (unpaired) electrons. The molecule has 2 atom stereocenters. The molecule has 0 fully saturated rings. The average molecular weight is 390 g/mol. The molecule has 4 aromatic rings. The van der Waals surface area contributed by atoms with Crippen LogP contribution in [0, 0.1) is 5.92 Å². The van der Waals surface area contributed by atoms with Crippen molar-refractivity contribution in [3.63, 3.8) is 0 Å². The van der Waals surface area contributed by atoms with Crippen LogP contribution in [0.1, 0.15) is 43.7 Å². The van der Waals surface area contributed by atoms with E-state index >= 15 is 0 Å². The summed E-state index contributed by atoms with van der Waals surface area (Å²) in [4.78, 5) is 13.4. The Bertz CT molecular complexity index is 1070. The lowest BCUT2D eigenvalue weighted by Gasteiger charge is -2.23. The van der Waals surface area contributed by atoms with Gasteiger partial charge >= 0.3 is 0 Å². The second-order valence-corrected chi connectivity index (χ2v) is 7.28. The van der Waals surface area contributed by atoms with Gasteiger partial charge in [-0.05, 0) is 40.5 Å². The van der Waals surface area contributed by atoms with Gasteiger partial charge < -0.3 is 5.32 Å². The van der Waals surface area contributed by atoms with E-state index in [2.05, 4.69) is 44.9 Å². The van der Waals surface area contributed by atoms with Crippen LogP contribution in [-0.2, 0) is 4.79 Å². The van der Waals surface area contributed by atoms with Crippen molar-refractivity contribution in [2.45, 2.75) is 32.4 Å². The second-order valence-electron chi connectivity index (χ2n) is 7.28. The van der Waals surface area contributed by atoms with Crippen LogP contribution >= 0.6 is 0 Å². The molecule has 0 aliphatic carbocycles. The van der Waals surface area contributed by atoms with Crippen molar-refractivity contribution in [3.05, 3.63) is 72.4 Å². The topological polar surface area (TPSA) is 103 Å². The number of carbonyl (C=O) groups excluding carboxylic acids is 1. The number of hydrogen-bond donors (Lipinski definition) is 1. The van der Waals surface area contributed by atoms with Gasteiger partial charge in [0.25, 0.3) is 0 Å². The largest absolute Gasteiger partial charge is 0.344 e. The van der Waals surface area contributed by atoms with E-state index in [1.807, 2.05) is 59.1 Å². The summed E-state index contributed by atoms with van der Waals surface area (Å²) in [6.07, 6.45) is 4.07. The van der Waals surface area contributed by atoms with E-state index in [4.69, 9.17) is 0 Å². The van der Waals surface area contributed by atoms with Gasteiger partial charge in [-0.25, -0.2) is 4.68 Å². The number of amides is 1. The average Bonchev–Trinajstić information content (AvgIpc) is 3.38. The first kappa shape index (κ1) is 18.7. The summed E-state index contributed by atoms with van der Waals surface area (Å²) in [6, 6.07) is 14.2. The quantitative estimate of drug-likeness (QED) is 0.519. The molecule has 9 nitrogen and oxygen atoms in total. The first-order valence-electron chi connectivity index (χ1n) is 9.51. The highest BCUT2D eigenvalue weighted by molar-refractivity contribution is 5.83. The van der Waals surface area contributed by atoms with Crippen LogP contribution < -0.4 is 5.32 Å². The van der Waals surface area contributed by atoms with Gasteiger partial charge in [-0.15, -0.1) is 15.3 Å². The van der Waals surface area contributed by atoms with Gasteiger partial charge in [-0.2, -0.15) is 0 Å². The first-order chi connectivity index (χ1) is 14.1. The zero-order valence-corrected chi connectivity index (χ0v) is 16.3. The number of nitrogens with one attached hydrogen (secondary N) is 1. The number of fused-ring (bicyclic) bond motifs is 1. The third-order valence-corrected chi connectivity index (χ3v) is 4.67. The SMILES string of the molecule is CC(C)C[C@@H](NC(=O)[C@@H](c1ccccc1)n1cnnn1)c1nnc2ccccn12. The van der Waals surface area contributed by atoms with Crippen LogP contribution in [0.3, 0.4) is 0 Å². The lowest BCUT2D eigenvalue weighted by molar-refractivity contribution is -0.124. The summed E-state index contributed by atoms with van der Waals surface area (Å²) in [5.41, 5.74) is 1.54. The van der Waals surface area contributed by atoms with Crippen LogP contribution in [0.25, 0.3) is 5.65 Å². The van der Waals surface area contributed by atoms with E-state index in [9.17, 15) is 4.79 Å². The van der Waals surface area contributed by atoms with E-state index in [1.165, 1.54) is 11.0 Å². The first-order valence-corrected chi connectivity index (χ1v) is 9.51. The van der Waals surface area contributed by atoms with Gasteiger partial charge in [0.1, 0.15) is 6.33 Å². The Morgan fingerprint density at radius 1 is 1.07 bits per heavy atom. The highest BCUT2D eigenvalue weighted by Gasteiger charge is 2.28. The molecule has 4 rings (SSSR count). The number of nitrogens with zero attached hydrogens (tertiary/aromatic N) is 7. The summed E-state index contributed by atoms with van der Waals surface area (Å²) in [7, 11) is 0. The molecule has 0 saturated carbocycles. The molecule has 1 N–H and O–H groups in total. The Morgan fingerprint density at radius 2 is 1.86 bits per heavy atom. The number of carbonyl (C=O) groups is 1. The maximum atomic E-state index is 13.4. The fourth-order valence-electron chi connectivity index (χ4n) is 3.39. The standard InChI is InChI=1S/C20H22N8O/c1-14(2)12-16(19-24-23-17-10-6-7-11-27(17)19)22-20(29)18(28-13-21-25-26-28)15-8-4-3-5-9-15/h3-11,13-14,16,18H,12H2,1-2H3,(H,22,29)/t16-,18-/m1/s1. The Kier molecular flexibility index (Phi) is 5.28. The Morgan fingerprint density at radius 3 is 2.59 bits per heavy atom. The van der Waals surface area contributed by atoms with Crippen molar-refractivity contribution in [1.82, 2.24) is 40.1 Å². The Balaban J connectivity index is 1.68. The number of pyridine rings is 1. The summed E-state index contributed by atoms with van der Waals surface area (Å²) < 4.78 is 3.36. The van der Waals surface area contributed by atoms with Crippen LogP contribution in [0.5, 0.6) is 0 Å². The molecule has 3 aromatic heterocycles. The summed E-state index contributed by atoms with van der Waals surface area (Å²) >= 11 is 0. The fourth-order valence-corrected chi connectivity index (χ4v) is 3.39. The molecule has 0 unspecified atom stereocenters. The lowest BCUT2D eigenvalue weighted by atomic mass is 10.0. The molecule has 0 spiro atoms. The Hall–Kier alpha value is -3.62. The number of hydrogen-bond acceptors (Lipinski definition) is 6. The number of benzene rings is 1. The van der Waals surface area contributed by atoms with E-state index in [1.54, 1.807) is 0 Å². The fraction of sp³-hybridized carbons (Fsp3) is 0.300. The number of tetrazole rings is 1. The minimum Gasteiger partial charge on any atom is -0.344 e. The highest BCUT2D eigenvalue weighted by Crippen LogP contribution is 2.24. The zero-order chi connectivity index (χ0) is 20.2. The molecule has 0 aliphatic rings. The van der Waals surface area contributed by atoms with Crippen molar-refractivity contribution in [2.75, 3.05) is 0 Å². The predicted octanol–water partition coefficient (Wildman–Crippen LogP) is 2.21. The molecule has 0 bridgehead atoms. The smallest absolute Gasteiger partial charge is 0.250 e. The van der Waals surface area contributed by atoms with Crippen molar-refractivity contribution < 1.29 is 4.79 Å². The van der Waals surface area contributed by atoms with Gasteiger partial charge in [0.15, 0.2) is 17.5 Å². The van der Waals surface area contributed by atoms with Crippen molar-refractivity contribution in [3.8, 4) is 0 Å². The molecule has 9 heteroatoms. The summed E-state index contributed by atoms with van der Waals surface area (Å²) in [5.74, 6) is 0.840. The van der Waals surface area contributed by atoms with E-state index in [-0.39, 0.29) is 11.9 Å². The zero-order valence-electron chi connectivity index (χ0n) is 16.3. The minimum absolute atomic E-state index is 0.207. The van der Waals surface area contributed by atoms with E-state index in [0.717, 1.165) is 17.6 Å². The van der Waals surface area contributed by atoms with Gasteiger partial charge in [-0.3, -0.25) is 9.20 Å². The molecule has 0 aliphatic heterocycles. The number of rotatable bonds is 7. The third kappa shape index (κ3) is 3.98. The van der Waals surface area contributed by atoms with Crippen LogP contribution in [0.4, 0.5) is 0 Å². The minimum atomic E-state index is -0.681. The molecule has 0 saturated heterocycles. The maximum absolute atomic E-state index is 13.4. The van der Waals surface area contributed by atoms with Crippen molar-refractivity contribution in [1.29, 1.82) is 0 Å². The molecule has 148 valence electrons. The molecular weight excluding hydrogens is 368 g/mol. The van der Waals surface area contributed by atoms with Crippen LogP contribution in [0.15, 0.2) is 61.1 Å². The second kappa shape index (κ2) is 8.17. The summed E-state index contributed by atoms with van der Waals surface area (Å²) in [6.45, 7) is 4.22. The normalized spacial score (nSPS) is 13.5. The maximum Gasteiger partial charge on any atom is 0.250 e. The van der Waals surface area contributed by atoms with Gasteiger partial charge in [0.2, 0.25) is 5.91 Å². The molecule has 29 heavy (non-hydrogen) atoms. The Labute approximate surface area is 167 Å². The van der Waals surface area contributed by atoms with Gasteiger partial charge in [-0.1, -0.05) is 50.2 Å². The highest BCUT2D eigenvalue weighted by atomic mass is 16.2. The predicted molar refractivity (Wildman–Crippen MR) is 106 cm³/mol. The van der Waals surface area contributed by atoms with Crippen molar-refractivity contribution >= 4 is 11.6 Å². The van der Waals surface area contributed by atoms with Crippen LogP contribution in [-0.4, -0.2) is 40.7 Å².